The Morgan fingerprint density at radius 2 is 1.86 bits per heavy atom. The predicted octanol–water partition coefficient (Wildman–Crippen LogP) is 3.75. The number of carbonyl (C=O) groups is 1. The molecule has 1 aliphatic heterocycles. The van der Waals surface area contributed by atoms with E-state index in [1.165, 1.54) is 6.07 Å². The molecule has 3 rings (SSSR count). The number of sulfonamides is 1. The fourth-order valence-electron chi connectivity index (χ4n) is 3.60. The van der Waals surface area contributed by atoms with E-state index in [-0.39, 0.29) is 16.8 Å². The highest BCUT2D eigenvalue weighted by Crippen LogP contribution is 2.28. The third-order valence-electron chi connectivity index (χ3n) is 5.64. The zero-order valence-electron chi connectivity index (χ0n) is 17.8. The maximum atomic E-state index is 13.3. The number of piperidine rings is 1. The number of amides is 1. The van der Waals surface area contributed by atoms with E-state index in [1.807, 2.05) is 20.8 Å². The molecule has 7 nitrogen and oxygen atoms in total. The lowest BCUT2D eigenvalue weighted by Crippen LogP contribution is -2.38. The van der Waals surface area contributed by atoms with Crippen molar-refractivity contribution in [1.82, 2.24) is 14.1 Å². The standard InChI is InChI=1S/C21H30N4O3S/c1-14(2)25-20(6-9-22-25)23-21(26)18-12-16(4)17(5)19(13-18)29(27,28)24-10-7-15(3)8-11-24/h6,9,12-15H,7-8,10-11H2,1-5H3,(H,23,26). The van der Waals surface area contributed by atoms with E-state index >= 15 is 0 Å². The lowest BCUT2D eigenvalue weighted by Gasteiger charge is -2.30. The number of hydrogen-bond acceptors (Lipinski definition) is 4. The van der Waals surface area contributed by atoms with Crippen LogP contribution in [0.2, 0.25) is 0 Å². The summed E-state index contributed by atoms with van der Waals surface area (Å²) in [6, 6.07) is 5.06. The molecule has 2 heterocycles. The number of aromatic nitrogens is 2. The van der Waals surface area contributed by atoms with Crippen LogP contribution in [-0.4, -0.2) is 41.5 Å². The highest BCUT2D eigenvalue weighted by molar-refractivity contribution is 7.89. The fraction of sp³-hybridized carbons (Fsp3) is 0.524. The van der Waals surface area contributed by atoms with E-state index in [2.05, 4.69) is 17.3 Å². The zero-order valence-corrected chi connectivity index (χ0v) is 18.6. The Kier molecular flexibility index (Phi) is 6.14. The minimum Gasteiger partial charge on any atom is -0.307 e. The van der Waals surface area contributed by atoms with Crippen molar-refractivity contribution in [2.75, 3.05) is 18.4 Å². The summed E-state index contributed by atoms with van der Waals surface area (Å²) in [7, 11) is -3.64. The number of nitrogens with zero attached hydrogens (tertiary/aromatic N) is 3. The lowest BCUT2D eigenvalue weighted by molar-refractivity contribution is 0.102. The molecule has 0 aliphatic carbocycles. The molecule has 0 spiro atoms. The van der Waals surface area contributed by atoms with Gasteiger partial charge in [-0.25, -0.2) is 13.1 Å². The monoisotopic (exact) mass is 418 g/mol. The van der Waals surface area contributed by atoms with Gasteiger partial charge in [0.15, 0.2) is 0 Å². The van der Waals surface area contributed by atoms with E-state index in [0.29, 0.717) is 36.0 Å². The Morgan fingerprint density at radius 3 is 2.48 bits per heavy atom. The summed E-state index contributed by atoms with van der Waals surface area (Å²) in [5.74, 6) is 0.768. The summed E-state index contributed by atoms with van der Waals surface area (Å²) in [5.41, 5.74) is 1.79. The van der Waals surface area contributed by atoms with Gasteiger partial charge in [0.1, 0.15) is 5.82 Å². The first-order chi connectivity index (χ1) is 13.6. The van der Waals surface area contributed by atoms with Gasteiger partial charge in [-0.05, 0) is 69.7 Å². The molecule has 1 amide bonds. The number of anilines is 1. The molecule has 0 saturated carbocycles. The van der Waals surface area contributed by atoms with Crippen LogP contribution >= 0.6 is 0 Å². The molecule has 0 radical (unpaired) electrons. The largest absolute Gasteiger partial charge is 0.307 e. The summed E-state index contributed by atoms with van der Waals surface area (Å²) in [6.07, 6.45) is 3.34. The first-order valence-corrected chi connectivity index (χ1v) is 11.5. The summed E-state index contributed by atoms with van der Waals surface area (Å²) in [6.45, 7) is 10.8. The fourth-order valence-corrected chi connectivity index (χ4v) is 5.40. The summed E-state index contributed by atoms with van der Waals surface area (Å²) in [4.78, 5) is 13.1. The van der Waals surface area contributed by atoms with Crippen LogP contribution in [-0.2, 0) is 10.0 Å². The van der Waals surface area contributed by atoms with E-state index in [9.17, 15) is 13.2 Å². The smallest absolute Gasteiger partial charge is 0.256 e. The van der Waals surface area contributed by atoms with Crippen molar-refractivity contribution in [3.63, 3.8) is 0 Å². The normalized spacial score (nSPS) is 16.3. The van der Waals surface area contributed by atoms with Gasteiger partial charge in [-0.15, -0.1) is 0 Å². The Hall–Kier alpha value is -2.19. The van der Waals surface area contributed by atoms with Crippen molar-refractivity contribution in [3.8, 4) is 0 Å². The van der Waals surface area contributed by atoms with Gasteiger partial charge in [-0.2, -0.15) is 9.40 Å². The second kappa shape index (κ2) is 8.28. The van der Waals surface area contributed by atoms with Gasteiger partial charge in [-0.1, -0.05) is 6.92 Å². The molecular weight excluding hydrogens is 388 g/mol. The quantitative estimate of drug-likeness (QED) is 0.801. The molecule has 29 heavy (non-hydrogen) atoms. The maximum absolute atomic E-state index is 13.3. The average Bonchev–Trinajstić information content (AvgIpc) is 3.12. The lowest BCUT2D eigenvalue weighted by atomic mass is 10.0. The van der Waals surface area contributed by atoms with E-state index in [0.717, 1.165) is 18.4 Å². The van der Waals surface area contributed by atoms with Crippen molar-refractivity contribution in [3.05, 3.63) is 41.1 Å². The molecule has 1 N–H and O–H groups in total. The molecule has 0 bridgehead atoms. The molecule has 1 fully saturated rings. The third-order valence-corrected chi connectivity index (χ3v) is 7.67. The summed E-state index contributed by atoms with van der Waals surface area (Å²) in [5, 5.41) is 7.07. The van der Waals surface area contributed by atoms with E-state index in [4.69, 9.17) is 0 Å². The molecule has 1 saturated heterocycles. The van der Waals surface area contributed by atoms with Gasteiger partial charge in [-0.3, -0.25) is 4.79 Å². The van der Waals surface area contributed by atoms with Gasteiger partial charge in [0.25, 0.3) is 5.91 Å². The van der Waals surface area contributed by atoms with Crippen LogP contribution in [0.3, 0.4) is 0 Å². The highest BCUT2D eigenvalue weighted by Gasteiger charge is 2.30. The molecule has 0 unspecified atom stereocenters. The van der Waals surface area contributed by atoms with Crippen LogP contribution in [0, 0.1) is 19.8 Å². The van der Waals surface area contributed by atoms with Crippen molar-refractivity contribution in [2.24, 2.45) is 5.92 Å². The average molecular weight is 419 g/mol. The molecule has 0 atom stereocenters. The van der Waals surface area contributed by atoms with Gasteiger partial charge in [0.2, 0.25) is 10.0 Å². The van der Waals surface area contributed by atoms with Crippen LogP contribution in [0.5, 0.6) is 0 Å². The summed E-state index contributed by atoms with van der Waals surface area (Å²) < 4.78 is 29.8. The van der Waals surface area contributed by atoms with Gasteiger partial charge >= 0.3 is 0 Å². The number of rotatable bonds is 5. The van der Waals surface area contributed by atoms with Crippen LogP contribution in [0.4, 0.5) is 5.82 Å². The Bertz CT molecular complexity index is 1000. The minimum absolute atomic E-state index is 0.0949. The second-order valence-corrected chi connectivity index (χ2v) is 10.1. The minimum atomic E-state index is -3.64. The molecule has 158 valence electrons. The number of aryl methyl sites for hydroxylation is 1. The molecule has 1 aromatic heterocycles. The summed E-state index contributed by atoms with van der Waals surface area (Å²) >= 11 is 0. The zero-order chi connectivity index (χ0) is 21.3. The topological polar surface area (TPSA) is 84.3 Å². The van der Waals surface area contributed by atoms with Crippen molar-refractivity contribution in [1.29, 1.82) is 0 Å². The number of nitrogens with one attached hydrogen (secondary N) is 1. The Balaban J connectivity index is 1.93. The third kappa shape index (κ3) is 4.38. The van der Waals surface area contributed by atoms with Crippen molar-refractivity contribution in [2.45, 2.75) is 58.4 Å². The molecular formula is C21H30N4O3S. The second-order valence-electron chi connectivity index (χ2n) is 8.21. The van der Waals surface area contributed by atoms with E-state index < -0.39 is 10.0 Å². The number of carbonyl (C=O) groups excluding carboxylic acids is 1. The molecule has 8 heteroatoms. The molecule has 1 aliphatic rings. The SMILES string of the molecule is Cc1cc(C(=O)Nc2ccnn2C(C)C)cc(S(=O)(=O)N2CCC(C)CC2)c1C. The van der Waals surface area contributed by atoms with Gasteiger partial charge < -0.3 is 5.32 Å². The predicted molar refractivity (Wildman–Crippen MR) is 114 cm³/mol. The van der Waals surface area contributed by atoms with E-state index in [1.54, 1.807) is 34.2 Å². The van der Waals surface area contributed by atoms with Gasteiger partial charge in [0.05, 0.1) is 11.1 Å². The van der Waals surface area contributed by atoms with Crippen LogP contribution in [0.25, 0.3) is 0 Å². The highest BCUT2D eigenvalue weighted by atomic mass is 32.2. The van der Waals surface area contributed by atoms with Gasteiger partial charge in [0, 0.05) is 30.8 Å². The van der Waals surface area contributed by atoms with Crippen molar-refractivity contribution >= 4 is 21.7 Å². The maximum Gasteiger partial charge on any atom is 0.256 e. The van der Waals surface area contributed by atoms with Crippen LogP contribution in [0.15, 0.2) is 29.3 Å². The molecule has 1 aromatic carbocycles. The first-order valence-electron chi connectivity index (χ1n) is 10.1. The number of hydrogen-bond donors (Lipinski definition) is 1. The van der Waals surface area contributed by atoms with Crippen LogP contribution in [0.1, 0.15) is 61.1 Å². The number of benzene rings is 1. The van der Waals surface area contributed by atoms with Crippen LogP contribution < -0.4 is 5.32 Å². The first kappa shape index (κ1) is 21.5. The molecule has 2 aromatic rings. The Morgan fingerprint density at radius 1 is 1.21 bits per heavy atom. The Labute approximate surface area is 173 Å². The van der Waals surface area contributed by atoms with Crippen molar-refractivity contribution < 1.29 is 13.2 Å².